The quantitative estimate of drug-likeness (QED) is 0.555. The first-order valence-electron chi connectivity index (χ1n) is 8.07. The number of rotatable bonds is 9. The van der Waals surface area contributed by atoms with Gasteiger partial charge in [0.1, 0.15) is 5.75 Å². The molecule has 0 heterocycles. The maximum absolute atomic E-state index is 11.9. The highest BCUT2D eigenvalue weighted by molar-refractivity contribution is 5.79. The lowest BCUT2D eigenvalue weighted by Crippen LogP contribution is -3.11. The zero-order valence-corrected chi connectivity index (χ0v) is 13.9. The Balaban J connectivity index is 1.64. The van der Waals surface area contributed by atoms with E-state index in [0.717, 1.165) is 35.5 Å². The highest BCUT2D eigenvalue weighted by Gasteiger charge is 2.24. The van der Waals surface area contributed by atoms with Crippen molar-refractivity contribution in [1.82, 2.24) is 10.6 Å². The Hall–Kier alpha value is -2.08. The van der Waals surface area contributed by atoms with E-state index in [-0.39, 0.29) is 11.8 Å². The van der Waals surface area contributed by atoms with Crippen LogP contribution in [0.4, 0.5) is 0 Å². The molecule has 1 unspecified atom stereocenters. The first kappa shape index (κ1) is 17.3. The van der Waals surface area contributed by atoms with Gasteiger partial charge in [-0.25, -0.2) is 0 Å². The number of amides is 2. The Morgan fingerprint density at radius 2 is 1.91 bits per heavy atom. The van der Waals surface area contributed by atoms with Crippen LogP contribution >= 0.6 is 0 Å². The molecule has 1 atom stereocenters. The van der Waals surface area contributed by atoms with Gasteiger partial charge in [-0.3, -0.25) is 9.59 Å². The molecular formula is C17H26N3O3+. The van der Waals surface area contributed by atoms with Crippen LogP contribution in [0.5, 0.6) is 5.75 Å². The van der Waals surface area contributed by atoms with Crippen LogP contribution in [0.2, 0.25) is 0 Å². The molecule has 0 radical (unpaired) electrons. The van der Waals surface area contributed by atoms with Gasteiger partial charge in [0, 0.05) is 12.6 Å². The number of likely N-dealkylation sites (N-methyl/N-ethyl adjacent to an activating group) is 1. The van der Waals surface area contributed by atoms with Gasteiger partial charge in [0.05, 0.1) is 14.2 Å². The highest BCUT2D eigenvalue weighted by Crippen LogP contribution is 2.18. The summed E-state index contributed by atoms with van der Waals surface area (Å²) >= 11 is 0. The molecule has 1 aromatic rings. The maximum atomic E-state index is 11.9. The van der Waals surface area contributed by atoms with Crippen LogP contribution in [-0.4, -0.2) is 51.6 Å². The van der Waals surface area contributed by atoms with E-state index >= 15 is 0 Å². The number of hydrogen-bond acceptors (Lipinski definition) is 3. The van der Waals surface area contributed by atoms with E-state index in [0.29, 0.717) is 25.7 Å². The molecule has 0 bridgehead atoms. The number of para-hydroxylation sites is 1. The summed E-state index contributed by atoms with van der Waals surface area (Å²) in [6, 6.07) is 8.14. The lowest BCUT2D eigenvalue weighted by atomic mass is 10.1. The second-order valence-corrected chi connectivity index (χ2v) is 6.06. The second-order valence-electron chi connectivity index (χ2n) is 6.06. The number of carbonyl (C=O) groups excluding carboxylic acids is 2. The van der Waals surface area contributed by atoms with Gasteiger partial charge < -0.3 is 20.3 Å². The largest absolute Gasteiger partial charge is 0.496 e. The predicted molar refractivity (Wildman–Crippen MR) is 87.5 cm³/mol. The van der Waals surface area contributed by atoms with Gasteiger partial charge in [0.25, 0.3) is 11.8 Å². The number of benzene rings is 1. The van der Waals surface area contributed by atoms with E-state index in [2.05, 4.69) is 10.6 Å². The van der Waals surface area contributed by atoms with Gasteiger partial charge in [-0.15, -0.1) is 0 Å². The standard InChI is InChI=1S/C17H25N3O3/c1-20(12-17(22)19-14-7-8-14)11-16(21)18-10-9-13-5-3-4-6-15(13)23-2/h3-6,14H,7-12H2,1-2H3,(H,18,21)(H,19,22)/p+1. The number of ether oxygens (including phenoxy) is 1. The lowest BCUT2D eigenvalue weighted by molar-refractivity contribution is -0.862. The molecule has 126 valence electrons. The van der Waals surface area contributed by atoms with Crippen molar-refractivity contribution in [2.24, 2.45) is 0 Å². The lowest BCUT2D eigenvalue weighted by Gasteiger charge is -2.14. The fourth-order valence-electron chi connectivity index (χ4n) is 2.43. The SMILES string of the molecule is COc1ccccc1CCNC(=O)C[NH+](C)CC(=O)NC1CC1. The van der Waals surface area contributed by atoms with Crippen molar-refractivity contribution >= 4 is 11.8 Å². The van der Waals surface area contributed by atoms with Crippen molar-refractivity contribution < 1.29 is 19.2 Å². The van der Waals surface area contributed by atoms with Crippen LogP contribution in [0, 0.1) is 0 Å². The van der Waals surface area contributed by atoms with Crippen molar-refractivity contribution in [3.63, 3.8) is 0 Å². The molecule has 3 N–H and O–H groups in total. The molecule has 1 aliphatic rings. The van der Waals surface area contributed by atoms with Gasteiger partial charge in [-0.1, -0.05) is 18.2 Å². The van der Waals surface area contributed by atoms with E-state index in [4.69, 9.17) is 4.74 Å². The average Bonchev–Trinajstić information content (AvgIpc) is 3.31. The number of carbonyl (C=O) groups is 2. The summed E-state index contributed by atoms with van der Waals surface area (Å²) in [4.78, 5) is 24.5. The molecule has 6 heteroatoms. The fraction of sp³-hybridized carbons (Fsp3) is 0.529. The summed E-state index contributed by atoms with van der Waals surface area (Å²) < 4.78 is 5.29. The Labute approximate surface area is 137 Å². The minimum Gasteiger partial charge on any atom is -0.496 e. The second kappa shape index (κ2) is 8.53. The first-order valence-corrected chi connectivity index (χ1v) is 8.07. The first-order chi connectivity index (χ1) is 11.1. The van der Waals surface area contributed by atoms with E-state index < -0.39 is 0 Å². The average molecular weight is 320 g/mol. The molecule has 0 aliphatic heterocycles. The smallest absolute Gasteiger partial charge is 0.275 e. The predicted octanol–water partition coefficient (Wildman–Crippen LogP) is -0.853. The van der Waals surface area contributed by atoms with E-state index in [1.165, 1.54) is 0 Å². The van der Waals surface area contributed by atoms with Crippen molar-refractivity contribution in [2.45, 2.75) is 25.3 Å². The third-order valence-corrected chi connectivity index (χ3v) is 3.78. The molecule has 1 saturated carbocycles. The number of methoxy groups -OCH3 is 1. The maximum Gasteiger partial charge on any atom is 0.275 e. The van der Waals surface area contributed by atoms with E-state index in [1.54, 1.807) is 7.11 Å². The highest BCUT2D eigenvalue weighted by atomic mass is 16.5. The minimum absolute atomic E-state index is 0.0202. The van der Waals surface area contributed by atoms with Crippen LogP contribution < -0.4 is 20.3 Å². The van der Waals surface area contributed by atoms with Crippen LogP contribution in [0.3, 0.4) is 0 Å². The molecule has 1 aliphatic carbocycles. The van der Waals surface area contributed by atoms with E-state index in [9.17, 15) is 9.59 Å². The summed E-state index contributed by atoms with van der Waals surface area (Å²) in [5, 5.41) is 5.82. The van der Waals surface area contributed by atoms with Crippen molar-refractivity contribution in [2.75, 3.05) is 33.8 Å². The van der Waals surface area contributed by atoms with Gasteiger partial charge in [0.2, 0.25) is 0 Å². The molecule has 0 aromatic heterocycles. The Morgan fingerprint density at radius 1 is 1.22 bits per heavy atom. The van der Waals surface area contributed by atoms with Crippen molar-refractivity contribution in [3.05, 3.63) is 29.8 Å². The topological polar surface area (TPSA) is 71.9 Å². The molecule has 2 amide bonds. The Morgan fingerprint density at radius 3 is 2.61 bits per heavy atom. The Bertz CT molecular complexity index is 544. The van der Waals surface area contributed by atoms with Gasteiger partial charge in [0.15, 0.2) is 13.1 Å². The number of hydrogen-bond donors (Lipinski definition) is 3. The van der Waals surface area contributed by atoms with Crippen LogP contribution in [0.15, 0.2) is 24.3 Å². The summed E-state index contributed by atoms with van der Waals surface area (Å²) in [6.07, 6.45) is 2.87. The Kier molecular flexibility index (Phi) is 6.40. The van der Waals surface area contributed by atoms with Gasteiger partial charge in [-0.05, 0) is 30.9 Å². The van der Waals surface area contributed by atoms with Crippen LogP contribution in [0.25, 0.3) is 0 Å². The number of quaternary nitrogens is 1. The number of nitrogens with one attached hydrogen (secondary N) is 3. The monoisotopic (exact) mass is 320 g/mol. The zero-order valence-electron chi connectivity index (χ0n) is 13.9. The van der Waals surface area contributed by atoms with Crippen LogP contribution in [-0.2, 0) is 16.0 Å². The van der Waals surface area contributed by atoms with Crippen LogP contribution in [0.1, 0.15) is 18.4 Å². The van der Waals surface area contributed by atoms with Gasteiger partial charge in [-0.2, -0.15) is 0 Å². The third kappa shape index (κ3) is 6.28. The van der Waals surface area contributed by atoms with Crippen molar-refractivity contribution in [3.8, 4) is 5.75 Å². The van der Waals surface area contributed by atoms with E-state index in [1.807, 2.05) is 31.3 Å². The molecule has 1 fully saturated rings. The summed E-state index contributed by atoms with van der Waals surface area (Å²) in [5.41, 5.74) is 1.07. The fourth-order valence-corrected chi connectivity index (χ4v) is 2.43. The zero-order chi connectivity index (χ0) is 16.7. The molecule has 6 nitrogen and oxygen atoms in total. The summed E-state index contributed by atoms with van der Waals surface area (Å²) in [6.45, 7) is 1.18. The molecule has 0 spiro atoms. The molecular weight excluding hydrogens is 294 g/mol. The third-order valence-electron chi connectivity index (χ3n) is 3.78. The minimum atomic E-state index is -0.0448. The van der Waals surface area contributed by atoms with Crippen molar-refractivity contribution in [1.29, 1.82) is 0 Å². The molecule has 0 saturated heterocycles. The summed E-state index contributed by atoms with van der Waals surface area (Å²) in [5.74, 6) is 0.810. The normalized spacial score (nSPS) is 14.9. The molecule has 1 aromatic carbocycles. The molecule has 2 rings (SSSR count). The summed E-state index contributed by atoms with van der Waals surface area (Å²) in [7, 11) is 3.49. The van der Waals surface area contributed by atoms with Gasteiger partial charge >= 0.3 is 0 Å². The molecule has 23 heavy (non-hydrogen) atoms.